The molecule has 0 rings (SSSR count). The molecule has 0 amide bonds. The predicted molar refractivity (Wildman–Crippen MR) is 70.8 cm³/mol. The van der Waals surface area contributed by atoms with Crippen LogP contribution in [0.4, 0.5) is 0 Å². The number of hydrogen-bond acceptors (Lipinski definition) is 3. The zero-order valence-electron chi connectivity index (χ0n) is 10.7. The summed E-state index contributed by atoms with van der Waals surface area (Å²) in [7, 11) is 0. The van der Waals surface area contributed by atoms with Crippen molar-refractivity contribution in [3.05, 3.63) is 0 Å². The largest absolute Gasteiger partial charge is 0.382 e. The summed E-state index contributed by atoms with van der Waals surface area (Å²) in [5, 5.41) is 4.97. The van der Waals surface area contributed by atoms with Crippen molar-refractivity contribution in [1.82, 2.24) is 5.32 Å². The van der Waals surface area contributed by atoms with Crippen LogP contribution in [-0.2, 0) is 4.74 Å². The first-order chi connectivity index (χ1) is 7.20. The van der Waals surface area contributed by atoms with Gasteiger partial charge in [0.2, 0.25) is 0 Å². The number of hydrogen-bond donors (Lipinski definition) is 1. The summed E-state index contributed by atoms with van der Waals surface area (Å²) < 4.78 is 5.28. The number of nitrogens with one attached hydrogen (secondary N) is 1. The molecule has 0 aliphatic heterocycles. The van der Waals surface area contributed by atoms with E-state index in [0.717, 1.165) is 38.0 Å². The van der Waals surface area contributed by atoms with Crippen LogP contribution in [0.2, 0.25) is 0 Å². The zero-order chi connectivity index (χ0) is 11.5. The third-order valence-electron chi connectivity index (χ3n) is 2.32. The van der Waals surface area contributed by atoms with E-state index in [1.54, 1.807) is 0 Å². The lowest BCUT2D eigenvalue weighted by atomic mass is 10.4. The van der Waals surface area contributed by atoms with Crippen LogP contribution in [0, 0.1) is 0 Å². The summed E-state index contributed by atoms with van der Waals surface area (Å²) in [5.41, 5.74) is 0. The molecule has 92 valence electrons. The molecule has 1 N–H and O–H groups in total. The maximum absolute atomic E-state index is 5.28. The monoisotopic (exact) mass is 233 g/mol. The van der Waals surface area contributed by atoms with Gasteiger partial charge < -0.3 is 10.1 Å². The van der Waals surface area contributed by atoms with E-state index in [1.165, 1.54) is 6.42 Å². The highest BCUT2D eigenvalue weighted by Crippen LogP contribution is 2.18. The molecular formula is C12H27NOS. The lowest BCUT2D eigenvalue weighted by Gasteiger charge is -2.16. The second-order valence-corrected chi connectivity index (χ2v) is 5.80. The minimum Gasteiger partial charge on any atom is -0.382 e. The topological polar surface area (TPSA) is 21.3 Å². The summed E-state index contributed by atoms with van der Waals surface area (Å²) >= 11 is 2.07. The highest BCUT2D eigenvalue weighted by molar-refractivity contribution is 8.00. The smallest absolute Gasteiger partial charge is 0.0477 e. The Kier molecular flexibility index (Phi) is 11.0. The van der Waals surface area contributed by atoms with Crippen LogP contribution < -0.4 is 5.32 Å². The van der Waals surface area contributed by atoms with Gasteiger partial charge in [0, 0.05) is 30.3 Å². The van der Waals surface area contributed by atoms with E-state index in [-0.39, 0.29) is 0 Å². The molecule has 0 aromatic heterocycles. The average molecular weight is 233 g/mol. The Bertz CT molecular complexity index is 133. The van der Waals surface area contributed by atoms with Crippen molar-refractivity contribution in [2.24, 2.45) is 0 Å². The maximum Gasteiger partial charge on any atom is 0.0477 e. The minimum atomic E-state index is 0.715. The van der Waals surface area contributed by atoms with Gasteiger partial charge >= 0.3 is 0 Å². The molecule has 0 radical (unpaired) electrons. The Hall–Kier alpha value is 0.270. The quantitative estimate of drug-likeness (QED) is 0.586. The lowest BCUT2D eigenvalue weighted by Crippen LogP contribution is -2.25. The highest BCUT2D eigenvalue weighted by Gasteiger charge is 2.06. The molecule has 3 heteroatoms. The second kappa shape index (κ2) is 10.8. The van der Waals surface area contributed by atoms with E-state index in [0.29, 0.717) is 5.25 Å². The first-order valence-corrected chi connectivity index (χ1v) is 7.08. The van der Waals surface area contributed by atoms with Crippen LogP contribution in [-0.4, -0.2) is 36.8 Å². The number of rotatable bonds is 10. The van der Waals surface area contributed by atoms with Gasteiger partial charge in [-0.3, -0.25) is 0 Å². The SMILES string of the molecule is CCOCCCNCC(C)SC(C)CC. The standard InChI is InChI=1S/C12H27NOS/c1-5-11(3)15-12(4)10-13-8-7-9-14-6-2/h11-13H,5-10H2,1-4H3. The fourth-order valence-electron chi connectivity index (χ4n) is 1.29. The number of thioether (sulfide) groups is 1. The second-order valence-electron chi connectivity index (χ2n) is 3.92. The van der Waals surface area contributed by atoms with E-state index in [2.05, 4.69) is 37.8 Å². The van der Waals surface area contributed by atoms with Gasteiger partial charge in [0.25, 0.3) is 0 Å². The Balaban J connectivity index is 3.20. The van der Waals surface area contributed by atoms with Crippen molar-refractivity contribution >= 4 is 11.8 Å². The lowest BCUT2D eigenvalue weighted by molar-refractivity contribution is 0.145. The van der Waals surface area contributed by atoms with Crippen molar-refractivity contribution in [3.63, 3.8) is 0 Å². The molecule has 0 bridgehead atoms. The van der Waals surface area contributed by atoms with Gasteiger partial charge in [-0.05, 0) is 26.3 Å². The van der Waals surface area contributed by atoms with Crippen molar-refractivity contribution in [2.75, 3.05) is 26.3 Å². The first kappa shape index (κ1) is 15.3. The molecule has 0 spiro atoms. The molecule has 0 aliphatic carbocycles. The minimum absolute atomic E-state index is 0.715. The molecule has 0 saturated heterocycles. The van der Waals surface area contributed by atoms with Gasteiger partial charge in [-0.25, -0.2) is 0 Å². The molecule has 0 fully saturated rings. The Morgan fingerprint density at radius 3 is 2.53 bits per heavy atom. The van der Waals surface area contributed by atoms with Crippen molar-refractivity contribution in [3.8, 4) is 0 Å². The summed E-state index contributed by atoms with van der Waals surface area (Å²) in [6.45, 7) is 12.8. The van der Waals surface area contributed by atoms with Gasteiger partial charge in [0.1, 0.15) is 0 Å². The fourth-order valence-corrected chi connectivity index (χ4v) is 2.49. The molecule has 2 nitrogen and oxygen atoms in total. The van der Waals surface area contributed by atoms with Gasteiger partial charge in [0.05, 0.1) is 0 Å². The van der Waals surface area contributed by atoms with E-state index in [9.17, 15) is 0 Å². The van der Waals surface area contributed by atoms with E-state index >= 15 is 0 Å². The molecule has 15 heavy (non-hydrogen) atoms. The summed E-state index contributed by atoms with van der Waals surface area (Å²) in [4.78, 5) is 0. The molecule has 0 aromatic rings. The van der Waals surface area contributed by atoms with E-state index < -0.39 is 0 Å². The van der Waals surface area contributed by atoms with Crippen molar-refractivity contribution in [2.45, 2.75) is 51.0 Å². The van der Waals surface area contributed by atoms with Crippen LogP contribution >= 0.6 is 11.8 Å². The molecule has 0 aromatic carbocycles. The molecule has 0 heterocycles. The Labute approximate surface area is 99.5 Å². The van der Waals surface area contributed by atoms with Gasteiger partial charge in [-0.1, -0.05) is 20.8 Å². The zero-order valence-corrected chi connectivity index (χ0v) is 11.5. The average Bonchev–Trinajstić information content (AvgIpc) is 2.23. The van der Waals surface area contributed by atoms with E-state index in [1.807, 2.05) is 6.92 Å². The Morgan fingerprint density at radius 1 is 1.20 bits per heavy atom. The van der Waals surface area contributed by atoms with Crippen LogP contribution in [0.3, 0.4) is 0 Å². The molecule has 2 unspecified atom stereocenters. The normalized spacial score (nSPS) is 15.2. The van der Waals surface area contributed by atoms with Gasteiger partial charge in [-0.2, -0.15) is 11.8 Å². The number of ether oxygens (including phenoxy) is 1. The van der Waals surface area contributed by atoms with Crippen molar-refractivity contribution in [1.29, 1.82) is 0 Å². The maximum atomic E-state index is 5.28. The van der Waals surface area contributed by atoms with Crippen LogP contribution in [0.5, 0.6) is 0 Å². The van der Waals surface area contributed by atoms with Crippen LogP contribution in [0.1, 0.15) is 40.5 Å². The molecular weight excluding hydrogens is 206 g/mol. The Morgan fingerprint density at radius 2 is 1.93 bits per heavy atom. The summed E-state index contributed by atoms with van der Waals surface area (Å²) in [6, 6.07) is 0. The van der Waals surface area contributed by atoms with Crippen molar-refractivity contribution < 1.29 is 4.74 Å². The van der Waals surface area contributed by atoms with Crippen LogP contribution in [0.25, 0.3) is 0 Å². The third kappa shape index (κ3) is 10.6. The van der Waals surface area contributed by atoms with Gasteiger partial charge in [0.15, 0.2) is 0 Å². The van der Waals surface area contributed by atoms with Crippen LogP contribution in [0.15, 0.2) is 0 Å². The molecule has 0 aliphatic rings. The van der Waals surface area contributed by atoms with E-state index in [4.69, 9.17) is 4.74 Å². The predicted octanol–water partition coefficient (Wildman–Crippen LogP) is 2.92. The first-order valence-electron chi connectivity index (χ1n) is 6.14. The summed E-state index contributed by atoms with van der Waals surface area (Å²) in [6.07, 6.45) is 2.38. The summed E-state index contributed by atoms with van der Waals surface area (Å²) in [5.74, 6) is 0. The van der Waals surface area contributed by atoms with Gasteiger partial charge in [-0.15, -0.1) is 0 Å². The third-order valence-corrected chi connectivity index (χ3v) is 3.75. The molecule has 0 saturated carbocycles. The fraction of sp³-hybridized carbons (Fsp3) is 1.00. The molecule has 2 atom stereocenters. The highest BCUT2D eigenvalue weighted by atomic mass is 32.2.